The fourth-order valence-electron chi connectivity index (χ4n) is 2.50. The third kappa shape index (κ3) is 5.05. The molecule has 0 aliphatic carbocycles. The minimum Gasteiger partial charge on any atom is -0.494 e. The molecule has 0 amide bonds. The van der Waals surface area contributed by atoms with E-state index in [1.807, 2.05) is 50.2 Å². The summed E-state index contributed by atoms with van der Waals surface area (Å²) in [4.78, 5) is 23.9. The SMILES string of the molecule is CCCCC(=O)CC(=O)c1ccc(-c2ccc(OCC)cc2)cc1. The first-order chi connectivity index (χ1) is 11.6. The van der Waals surface area contributed by atoms with Crippen LogP contribution in [0.25, 0.3) is 11.1 Å². The second kappa shape index (κ2) is 9.02. The van der Waals surface area contributed by atoms with E-state index in [1.165, 1.54) is 0 Å². The maximum absolute atomic E-state index is 12.1. The Balaban J connectivity index is 2.01. The summed E-state index contributed by atoms with van der Waals surface area (Å²) in [6.45, 7) is 4.64. The molecule has 24 heavy (non-hydrogen) atoms. The first-order valence-electron chi connectivity index (χ1n) is 8.52. The van der Waals surface area contributed by atoms with Gasteiger partial charge in [0.05, 0.1) is 13.0 Å². The summed E-state index contributed by atoms with van der Waals surface area (Å²) >= 11 is 0. The number of hydrogen-bond acceptors (Lipinski definition) is 3. The number of unbranched alkanes of at least 4 members (excludes halogenated alkanes) is 1. The van der Waals surface area contributed by atoms with Crippen LogP contribution in [0.5, 0.6) is 5.75 Å². The predicted octanol–water partition coefficient (Wildman–Crippen LogP) is 5.08. The molecule has 0 unspecified atom stereocenters. The summed E-state index contributed by atoms with van der Waals surface area (Å²) in [6, 6.07) is 15.3. The molecular formula is C21H24O3. The molecule has 3 nitrogen and oxygen atoms in total. The van der Waals surface area contributed by atoms with Gasteiger partial charge in [-0.2, -0.15) is 0 Å². The number of benzene rings is 2. The highest BCUT2D eigenvalue weighted by Gasteiger charge is 2.11. The summed E-state index contributed by atoms with van der Waals surface area (Å²) in [5.41, 5.74) is 2.69. The zero-order chi connectivity index (χ0) is 17.4. The van der Waals surface area contributed by atoms with Gasteiger partial charge in [-0.3, -0.25) is 9.59 Å². The largest absolute Gasteiger partial charge is 0.494 e. The fraction of sp³-hybridized carbons (Fsp3) is 0.333. The quantitative estimate of drug-likeness (QED) is 0.477. The van der Waals surface area contributed by atoms with Crippen molar-refractivity contribution in [3.05, 3.63) is 54.1 Å². The molecule has 0 N–H and O–H groups in total. The van der Waals surface area contributed by atoms with E-state index in [2.05, 4.69) is 0 Å². The Morgan fingerprint density at radius 2 is 1.46 bits per heavy atom. The maximum atomic E-state index is 12.1. The molecule has 2 rings (SSSR count). The van der Waals surface area contributed by atoms with Crippen LogP contribution in [-0.4, -0.2) is 18.2 Å². The summed E-state index contributed by atoms with van der Waals surface area (Å²) in [5.74, 6) is 0.769. The fourth-order valence-corrected chi connectivity index (χ4v) is 2.50. The van der Waals surface area contributed by atoms with Crippen molar-refractivity contribution in [1.82, 2.24) is 0 Å². The van der Waals surface area contributed by atoms with Gasteiger partial charge in [-0.1, -0.05) is 49.7 Å². The third-order valence-electron chi connectivity index (χ3n) is 3.87. The Morgan fingerprint density at radius 1 is 0.875 bits per heavy atom. The first-order valence-corrected chi connectivity index (χ1v) is 8.52. The summed E-state index contributed by atoms with van der Waals surface area (Å²) < 4.78 is 5.44. The van der Waals surface area contributed by atoms with Crippen molar-refractivity contribution < 1.29 is 14.3 Å². The lowest BCUT2D eigenvalue weighted by atomic mass is 9.99. The Hall–Kier alpha value is -2.42. The number of ketones is 2. The molecule has 0 bridgehead atoms. The van der Waals surface area contributed by atoms with E-state index in [0.717, 1.165) is 29.7 Å². The Labute approximate surface area is 143 Å². The zero-order valence-corrected chi connectivity index (χ0v) is 14.4. The Bertz CT molecular complexity index is 669. The van der Waals surface area contributed by atoms with E-state index >= 15 is 0 Å². The smallest absolute Gasteiger partial charge is 0.170 e. The van der Waals surface area contributed by atoms with Gasteiger partial charge >= 0.3 is 0 Å². The van der Waals surface area contributed by atoms with Gasteiger partial charge in [-0.05, 0) is 36.6 Å². The van der Waals surface area contributed by atoms with Crippen molar-refractivity contribution >= 4 is 11.6 Å². The molecule has 0 saturated heterocycles. The molecule has 2 aromatic rings. The van der Waals surface area contributed by atoms with Crippen LogP contribution in [0.2, 0.25) is 0 Å². The van der Waals surface area contributed by atoms with Crippen LogP contribution in [0.3, 0.4) is 0 Å². The van der Waals surface area contributed by atoms with Crippen LogP contribution in [0.1, 0.15) is 49.9 Å². The molecule has 0 radical (unpaired) electrons. The molecule has 0 heterocycles. The molecule has 0 atom stereocenters. The van der Waals surface area contributed by atoms with Crippen LogP contribution < -0.4 is 4.74 Å². The second-order valence-electron chi connectivity index (χ2n) is 5.78. The monoisotopic (exact) mass is 324 g/mol. The van der Waals surface area contributed by atoms with Gasteiger partial charge in [0.2, 0.25) is 0 Å². The molecule has 3 heteroatoms. The van der Waals surface area contributed by atoms with Crippen LogP contribution >= 0.6 is 0 Å². The normalized spacial score (nSPS) is 10.4. The summed E-state index contributed by atoms with van der Waals surface area (Å²) in [7, 11) is 0. The van der Waals surface area contributed by atoms with E-state index < -0.39 is 0 Å². The Kier molecular flexibility index (Phi) is 6.74. The molecule has 126 valence electrons. The number of hydrogen-bond donors (Lipinski definition) is 0. The summed E-state index contributed by atoms with van der Waals surface area (Å²) in [5, 5.41) is 0. The van der Waals surface area contributed by atoms with Crippen LogP contribution in [0.15, 0.2) is 48.5 Å². The van der Waals surface area contributed by atoms with Gasteiger partial charge in [0.25, 0.3) is 0 Å². The van der Waals surface area contributed by atoms with E-state index in [4.69, 9.17) is 4.74 Å². The molecule has 0 spiro atoms. The number of ether oxygens (including phenoxy) is 1. The van der Waals surface area contributed by atoms with E-state index in [1.54, 1.807) is 12.1 Å². The van der Waals surface area contributed by atoms with Gasteiger partial charge in [-0.25, -0.2) is 0 Å². The molecule has 0 aliphatic rings. The first kappa shape index (κ1) is 17.9. The predicted molar refractivity (Wildman–Crippen MR) is 96.5 cm³/mol. The van der Waals surface area contributed by atoms with Gasteiger partial charge < -0.3 is 4.74 Å². The van der Waals surface area contributed by atoms with Gasteiger partial charge in [0.15, 0.2) is 5.78 Å². The lowest BCUT2D eigenvalue weighted by molar-refractivity contribution is -0.118. The van der Waals surface area contributed by atoms with Crippen molar-refractivity contribution in [3.8, 4) is 16.9 Å². The maximum Gasteiger partial charge on any atom is 0.170 e. The van der Waals surface area contributed by atoms with Crippen molar-refractivity contribution in [2.24, 2.45) is 0 Å². The average Bonchev–Trinajstić information content (AvgIpc) is 2.61. The lowest BCUT2D eigenvalue weighted by Crippen LogP contribution is -2.07. The van der Waals surface area contributed by atoms with Gasteiger partial charge in [0.1, 0.15) is 11.5 Å². The number of carbonyl (C=O) groups is 2. The Morgan fingerprint density at radius 3 is 2.00 bits per heavy atom. The van der Waals surface area contributed by atoms with E-state index in [0.29, 0.717) is 18.6 Å². The highest BCUT2D eigenvalue weighted by molar-refractivity contribution is 6.08. The van der Waals surface area contributed by atoms with Crippen molar-refractivity contribution in [2.75, 3.05) is 6.61 Å². The molecule has 0 aliphatic heterocycles. The van der Waals surface area contributed by atoms with Crippen LogP contribution in [0.4, 0.5) is 0 Å². The van der Waals surface area contributed by atoms with Crippen LogP contribution in [0, 0.1) is 0 Å². The molecule has 2 aromatic carbocycles. The highest BCUT2D eigenvalue weighted by atomic mass is 16.5. The number of Topliss-reactive ketones (excluding diaryl/α,β-unsaturated/α-hetero) is 2. The topological polar surface area (TPSA) is 43.4 Å². The second-order valence-corrected chi connectivity index (χ2v) is 5.78. The average molecular weight is 324 g/mol. The minimum absolute atomic E-state index is 0.00238. The van der Waals surface area contributed by atoms with E-state index in [-0.39, 0.29) is 18.0 Å². The third-order valence-corrected chi connectivity index (χ3v) is 3.87. The molecule has 0 aromatic heterocycles. The van der Waals surface area contributed by atoms with Crippen molar-refractivity contribution in [3.63, 3.8) is 0 Å². The van der Waals surface area contributed by atoms with Crippen LogP contribution in [-0.2, 0) is 4.79 Å². The zero-order valence-electron chi connectivity index (χ0n) is 14.4. The summed E-state index contributed by atoms with van der Waals surface area (Å²) in [6.07, 6.45) is 2.31. The number of carbonyl (C=O) groups excluding carboxylic acids is 2. The highest BCUT2D eigenvalue weighted by Crippen LogP contribution is 2.23. The minimum atomic E-state index is -0.102. The molecular weight excluding hydrogens is 300 g/mol. The lowest BCUT2D eigenvalue weighted by Gasteiger charge is -2.06. The molecule has 0 saturated carbocycles. The van der Waals surface area contributed by atoms with E-state index in [9.17, 15) is 9.59 Å². The van der Waals surface area contributed by atoms with Gasteiger partial charge in [-0.15, -0.1) is 0 Å². The van der Waals surface area contributed by atoms with Gasteiger partial charge in [0, 0.05) is 12.0 Å². The standard InChI is InChI=1S/C21H24O3/c1-3-5-6-19(22)15-21(23)18-9-7-16(8-10-18)17-11-13-20(14-12-17)24-4-2/h7-14H,3-6,15H2,1-2H3. The molecule has 0 fully saturated rings. The van der Waals surface area contributed by atoms with Crippen molar-refractivity contribution in [1.29, 1.82) is 0 Å². The number of rotatable bonds is 9. The van der Waals surface area contributed by atoms with Crippen molar-refractivity contribution in [2.45, 2.75) is 39.5 Å².